The molecule has 0 N–H and O–H groups in total. The van der Waals surface area contributed by atoms with Crippen molar-refractivity contribution in [2.24, 2.45) is 9.39 Å². The number of likely N-dealkylation sites (N-methyl/N-ethyl adjacent to an activating group) is 1. The molecular formula is C15H14FN3O4S. The highest BCUT2D eigenvalue weighted by molar-refractivity contribution is 7.89. The first-order valence-corrected chi connectivity index (χ1v) is 8.46. The number of ether oxygens (including phenoxy) is 1. The molecule has 0 saturated carbocycles. The number of rotatable bonds is 4. The maximum Gasteiger partial charge on any atom is 0.294 e. The number of hydrogen-bond acceptors (Lipinski definition) is 5. The number of aliphatic imine (C=N–C) groups is 1. The Hall–Kier alpha value is -2.81. The predicted molar refractivity (Wildman–Crippen MR) is 87.8 cm³/mol. The third-order valence-corrected chi connectivity index (χ3v) is 3.42. The van der Waals surface area contributed by atoms with Crippen LogP contribution < -0.4 is 4.74 Å². The fourth-order valence-electron chi connectivity index (χ4n) is 1.91. The van der Waals surface area contributed by atoms with Crippen molar-refractivity contribution in [2.45, 2.75) is 0 Å². The van der Waals surface area contributed by atoms with E-state index in [2.05, 4.69) is 16.1 Å². The van der Waals surface area contributed by atoms with Crippen molar-refractivity contribution in [1.82, 2.24) is 4.90 Å². The van der Waals surface area contributed by atoms with Crippen molar-refractivity contribution in [3.8, 4) is 5.75 Å². The van der Waals surface area contributed by atoms with E-state index in [1.165, 1.54) is 37.5 Å². The Balaban J connectivity index is 2.52. The number of carbonyl (C=O) groups excluding carboxylic acids is 1. The van der Waals surface area contributed by atoms with Crippen molar-refractivity contribution < 1.29 is 22.3 Å². The van der Waals surface area contributed by atoms with Crippen LogP contribution >= 0.6 is 0 Å². The Kier molecular flexibility index (Phi) is 4.93. The summed E-state index contributed by atoms with van der Waals surface area (Å²) in [6.07, 6.45) is 3.34. The number of halogens is 1. The van der Waals surface area contributed by atoms with Gasteiger partial charge in [-0.2, -0.15) is 0 Å². The lowest BCUT2D eigenvalue weighted by Crippen LogP contribution is -2.40. The zero-order valence-corrected chi connectivity index (χ0v) is 13.7. The fourth-order valence-corrected chi connectivity index (χ4v) is 2.45. The largest absolute Gasteiger partial charge is 0.448 e. The second-order valence-electron chi connectivity index (χ2n) is 4.82. The van der Waals surface area contributed by atoms with Crippen LogP contribution in [0.2, 0.25) is 0 Å². The number of hydrogen-bond donors (Lipinski definition) is 0. The fraction of sp³-hybridized carbons (Fsp3) is 0.133. The lowest BCUT2D eigenvalue weighted by atomic mass is 10.1. The molecule has 1 aromatic rings. The second-order valence-corrected chi connectivity index (χ2v) is 6.47. The van der Waals surface area contributed by atoms with E-state index in [0.29, 0.717) is 0 Å². The van der Waals surface area contributed by atoms with E-state index < -0.39 is 21.7 Å². The normalized spacial score (nSPS) is 18.7. The van der Waals surface area contributed by atoms with E-state index in [0.717, 1.165) is 11.2 Å². The van der Waals surface area contributed by atoms with E-state index >= 15 is 0 Å². The highest BCUT2D eigenvalue weighted by atomic mass is 32.2. The summed E-state index contributed by atoms with van der Waals surface area (Å²) in [4.78, 5) is 16.9. The highest BCUT2D eigenvalue weighted by Gasteiger charge is 2.30. The average Bonchev–Trinajstić information content (AvgIpc) is 2.50. The Morgan fingerprint density at radius 1 is 1.33 bits per heavy atom. The zero-order chi connectivity index (χ0) is 17.9. The molecular weight excluding hydrogens is 337 g/mol. The number of amidine groups is 1. The Morgan fingerprint density at radius 2 is 2.00 bits per heavy atom. The number of carbonyl (C=O) groups is 1. The summed E-state index contributed by atoms with van der Waals surface area (Å²) in [5, 5.41) is 0. The summed E-state index contributed by atoms with van der Waals surface area (Å²) >= 11 is 0. The van der Waals surface area contributed by atoms with Gasteiger partial charge in [-0.25, -0.2) is 12.8 Å². The number of amides is 1. The van der Waals surface area contributed by atoms with Gasteiger partial charge in [0.2, 0.25) is 0 Å². The van der Waals surface area contributed by atoms with Gasteiger partial charge in [-0.1, -0.05) is 12.1 Å². The lowest BCUT2D eigenvalue weighted by Gasteiger charge is -2.25. The smallest absolute Gasteiger partial charge is 0.294 e. The van der Waals surface area contributed by atoms with Crippen LogP contribution in [0.3, 0.4) is 0 Å². The third-order valence-electron chi connectivity index (χ3n) is 2.92. The SMILES string of the molecule is C=N/C=C1/C=C(Oc2ccccc2F)C(=O)N(C)/C1=N/S(C)(=O)=O. The average molecular weight is 351 g/mol. The Labute approximate surface area is 138 Å². The molecule has 126 valence electrons. The van der Waals surface area contributed by atoms with Gasteiger partial charge in [0.25, 0.3) is 15.9 Å². The third kappa shape index (κ3) is 3.93. The van der Waals surface area contributed by atoms with Gasteiger partial charge >= 0.3 is 0 Å². The lowest BCUT2D eigenvalue weighted by molar-refractivity contribution is -0.124. The highest BCUT2D eigenvalue weighted by Crippen LogP contribution is 2.24. The van der Waals surface area contributed by atoms with E-state index in [9.17, 15) is 17.6 Å². The maximum atomic E-state index is 13.7. The summed E-state index contributed by atoms with van der Waals surface area (Å²) in [6, 6.07) is 5.58. The van der Waals surface area contributed by atoms with Crippen LogP contribution in [-0.4, -0.2) is 45.1 Å². The van der Waals surface area contributed by atoms with Crippen molar-refractivity contribution in [2.75, 3.05) is 13.3 Å². The molecule has 1 aliphatic rings. The molecule has 1 aromatic carbocycles. The number of sulfonamides is 1. The van der Waals surface area contributed by atoms with Gasteiger partial charge in [-0.05, 0) is 24.9 Å². The van der Waals surface area contributed by atoms with Crippen LogP contribution in [0, 0.1) is 5.82 Å². The standard InChI is InChI=1S/C15H14FN3O4S/c1-17-9-10-8-13(23-12-7-5-4-6-11(12)16)15(20)19(2)14(10)18-24(3,21)22/h4-9H,1H2,2-3H3/b10-9-,18-14+. The summed E-state index contributed by atoms with van der Waals surface area (Å²) < 4.78 is 45.4. The van der Waals surface area contributed by atoms with Crippen molar-refractivity contribution in [1.29, 1.82) is 0 Å². The van der Waals surface area contributed by atoms with Crippen molar-refractivity contribution in [3.63, 3.8) is 0 Å². The molecule has 9 heteroatoms. The predicted octanol–water partition coefficient (Wildman–Crippen LogP) is 1.50. The van der Waals surface area contributed by atoms with E-state index in [1.54, 1.807) is 6.07 Å². The molecule has 0 atom stereocenters. The Morgan fingerprint density at radius 3 is 2.58 bits per heavy atom. The molecule has 2 rings (SSSR count). The van der Waals surface area contributed by atoms with Gasteiger partial charge in [-0.15, -0.1) is 4.40 Å². The van der Waals surface area contributed by atoms with Gasteiger partial charge in [0, 0.05) is 18.8 Å². The monoisotopic (exact) mass is 351 g/mol. The summed E-state index contributed by atoms with van der Waals surface area (Å²) in [7, 11) is -2.43. The quantitative estimate of drug-likeness (QED) is 0.769. The van der Waals surface area contributed by atoms with Crippen molar-refractivity contribution >= 4 is 28.5 Å². The van der Waals surface area contributed by atoms with E-state index in [4.69, 9.17) is 4.74 Å². The van der Waals surface area contributed by atoms with Crippen molar-refractivity contribution in [3.05, 3.63) is 53.7 Å². The molecule has 0 aliphatic carbocycles. The molecule has 0 saturated heterocycles. The molecule has 0 aromatic heterocycles. The summed E-state index contributed by atoms with van der Waals surface area (Å²) in [6.45, 7) is 3.29. The maximum absolute atomic E-state index is 13.7. The van der Waals surface area contributed by atoms with E-state index in [-0.39, 0.29) is 22.9 Å². The van der Waals surface area contributed by atoms with Gasteiger partial charge in [0.1, 0.15) is 0 Å². The molecule has 1 aliphatic heterocycles. The van der Waals surface area contributed by atoms with E-state index in [1.807, 2.05) is 0 Å². The minimum absolute atomic E-state index is 0.129. The van der Waals surface area contributed by atoms with Crippen LogP contribution in [0.25, 0.3) is 0 Å². The van der Waals surface area contributed by atoms with Gasteiger partial charge in [-0.3, -0.25) is 14.7 Å². The second kappa shape index (κ2) is 6.75. The first-order chi connectivity index (χ1) is 11.2. The molecule has 1 heterocycles. The van der Waals surface area contributed by atoms with Gasteiger partial charge in [0.15, 0.2) is 23.2 Å². The first-order valence-electron chi connectivity index (χ1n) is 6.61. The van der Waals surface area contributed by atoms with Crippen LogP contribution in [0.5, 0.6) is 5.75 Å². The number of benzene rings is 1. The number of nitrogens with zero attached hydrogens (tertiary/aromatic N) is 3. The molecule has 1 amide bonds. The molecule has 7 nitrogen and oxygen atoms in total. The first kappa shape index (κ1) is 17.5. The molecule has 0 radical (unpaired) electrons. The van der Waals surface area contributed by atoms with Crippen LogP contribution in [0.4, 0.5) is 4.39 Å². The molecule has 0 fully saturated rings. The molecule has 0 unspecified atom stereocenters. The Bertz CT molecular complexity index is 888. The van der Waals surface area contributed by atoms with Gasteiger partial charge in [0.05, 0.1) is 6.26 Å². The minimum atomic E-state index is -3.75. The topological polar surface area (TPSA) is 88.4 Å². The molecule has 0 spiro atoms. The summed E-state index contributed by atoms with van der Waals surface area (Å²) in [5.74, 6) is -1.79. The zero-order valence-electron chi connectivity index (χ0n) is 12.9. The number of para-hydroxylation sites is 1. The minimum Gasteiger partial charge on any atom is -0.448 e. The van der Waals surface area contributed by atoms with Crippen LogP contribution in [0.15, 0.2) is 57.3 Å². The molecule has 0 bridgehead atoms. The van der Waals surface area contributed by atoms with Gasteiger partial charge < -0.3 is 4.74 Å². The molecule has 24 heavy (non-hydrogen) atoms. The van der Waals surface area contributed by atoms with Crippen LogP contribution in [-0.2, 0) is 14.8 Å². The van der Waals surface area contributed by atoms with Crippen LogP contribution in [0.1, 0.15) is 0 Å². The summed E-state index contributed by atoms with van der Waals surface area (Å²) in [5.41, 5.74) is 0.184.